The van der Waals surface area contributed by atoms with E-state index in [1.54, 1.807) is 24.3 Å². The fraction of sp³-hybridized carbons (Fsp3) is 0.500. The summed E-state index contributed by atoms with van der Waals surface area (Å²) in [5.41, 5.74) is 0.962. The van der Waals surface area contributed by atoms with Gasteiger partial charge in [-0.25, -0.2) is 0 Å². The number of likely N-dealkylation sites (tertiary alicyclic amines) is 1. The third-order valence-electron chi connectivity index (χ3n) is 4.83. The maximum absolute atomic E-state index is 12.3. The van der Waals surface area contributed by atoms with E-state index in [0.29, 0.717) is 23.6 Å². The minimum Gasteiger partial charge on any atom is -0.343 e. The number of fused-ring (bicyclic) bond motifs is 1. The van der Waals surface area contributed by atoms with Gasteiger partial charge in [-0.3, -0.25) is 14.4 Å². The molecule has 1 fully saturated rings. The van der Waals surface area contributed by atoms with Crippen molar-refractivity contribution in [1.29, 1.82) is 0 Å². The summed E-state index contributed by atoms with van der Waals surface area (Å²) in [6.07, 6.45) is 2.64. The normalized spacial score (nSPS) is 21.5. The molecule has 24 heavy (non-hydrogen) atoms. The molecule has 128 valence electrons. The average molecular weight is 329 g/mol. The molecule has 0 bridgehead atoms. The van der Waals surface area contributed by atoms with Gasteiger partial charge < -0.3 is 15.5 Å². The first-order valence-electron chi connectivity index (χ1n) is 8.53. The van der Waals surface area contributed by atoms with E-state index in [4.69, 9.17) is 0 Å². The van der Waals surface area contributed by atoms with E-state index >= 15 is 0 Å². The first-order valence-corrected chi connectivity index (χ1v) is 8.53. The molecule has 0 spiro atoms. The van der Waals surface area contributed by atoms with Gasteiger partial charge in [-0.05, 0) is 37.3 Å². The maximum Gasteiger partial charge on any atom is 0.254 e. The molecule has 2 aliphatic rings. The minimum absolute atomic E-state index is 0.0608. The lowest BCUT2D eigenvalue weighted by Crippen LogP contribution is -2.43. The van der Waals surface area contributed by atoms with E-state index < -0.39 is 6.04 Å². The number of piperidine rings is 1. The SMILES string of the molecule is CC1CCN(C(=O)CCC2NC(=O)c3ccccc3NC2=O)CC1. The van der Waals surface area contributed by atoms with Gasteiger partial charge in [0.25, 0.3) is 5.91 Å². The zero-order valence-electron chi connectivity index (χ0n) is 13.9. The molecule has 3 amide bonds. The van der Waals surface area contributed by atoms with Crippen LogP contribution in [0.4, 0.5) is 5.69 Å². The Hall–Kier alpha value is -2.37. The highest BCUT2D eigenvalue weighted by Crippen LogP contribution is 2.20. The summed E-state index contributed by atoms with van der Waals surface area (Å²) >= 11 is 0. The number of nitrogens with one attached hydrogen (secondary N) is 2. The molecule has 0 aliphatic carbocycles. The van der Waals surface area contributed by atoms with Crippen LogP contribution in [0.15, 0.2) is 24.3 Å². The number of carbonyl (C=O) groups excluding carboxylic acids is 3. The largest absolute Gasteiger partial charge is 0.343 e. The van der Waals surface area contributed by atoms with Crippen molar-refractivity contribution in [3.05, 3.63) is 29.8 Å². The third kappa shape index (κ3) is 3.58. The highest BCUT2D eigenvalue weighted by molar-refractivity contribution is 6.09. The molecular formula is C18H23N3O3. The zero-order chi connectivity index (χ0) is 17.1. The van der Waals surface area contributed by atoms with Gasteiger partial charge in [0.1, 0.15) is 6.04 Å². The first-order chi connectivity index (χ1) is 11.5. The number of benzene rings is 1. The first kappa shape index (κ1) is 16.5. The van der Waals surface area contributed by atoms with E-state index in [1.807, 2.05) is 4.90 Å². The summed E-state index contributed by atoms with van der Waals surface area (Å²) in [5, 5.41) is 5.49. The molecule has 2 heterocycles. The highest BCUT2D eigenvalue weighted by atomic mass is 16.2. The highest BCUT2D eigenvalue weighted by Gasteiger charge is 2.29. The number of amides is 3. The molecule has 0 saturated carbocycles. The number of nitrogens with zero attached hydrogens (tertiary/aromatic N) is 1. The second kappa shape index (κ2) is 7.03. The Balaban J connectivity index is 1.59. The van der Waals surface area contributed by atoms with Crippen LogP contribution in [-0.2, 0) is 9.59 Å². The molecule has 1 atom stereocenters. The van der Waals surface area contributed by atoms with Gasteiger partial charge >= 0.3 is 0 Å². The van der Waals surface area contributed by atoms with E-state index in [9.17, 15) is 14.4 Å². The van der Waals surface area contributed by atoms with E-state index in [0.717, 1.165) is 25.9 Å². The van der Waals surface area contributed by atoms with Crippen molar-refractivity contribution in [2.75, 3.05) is 18.4 Å². The van der Waals surface area contributed by atoms with Crippen LogP contribution in [0.5, 0.6) is 0 Å². The van der Waals surface area contributed by atoms with E-state index in [2.05, 4.69) is 17.6 Å². The van der Waals surface area contributed by atoms with Crippen LogP contribution in [0, 0.1) is 5.92 Å². The lowest BCUT2D eigenvalue weighted by Gasteiger charge is -2.30. The van der Waals surface area contributed by atoms with Crippen LogP contribution in [-0.4, -0.2) is 41.8 Å². The van der Waals surface area contributed by atoms with Crippen molar-refractivity contribution >= 4 is 23.4 Å². The second-order valence-electron chi connectivity index (χ2n) is 6.66. The van der Waals surface area contributed by atoms with Crippen molar-refractivity contribution in [3.8, 4) is 0 Å². The Morgan fingerprint density at radius 1 is 1.21 bits per heavy atom. The van der Waals surface area contributed by atoms with Crippen LogP contribution in [0.1, 0.15) is 43.0 Å². The molecule has 6 nitrogen and oxygen atoms in total. The fourth-order valence-corrected chi connectivity index (χ4v) is 3.20. The molecule has 0 radical (unpaired) electrons. The number of rotatable bonds is 3. The minimum atomic E-state index is -0.683. The van der Waals surface area contributed by atoms with Crippen molar-refractivity contribution < 1.29 is 14.4 Å². The maximum atomic E-state index is 12.3. The van der Waals surface area contributed by atoms with Crippen LogP contribution in [0.2, 0.25) is 0 Å². The molecule has 3 rings (SSSR count). The quantitative estimate of drug-likeness (QED) is 0.887. The number of hydrogen-bond donors (Lipinski definition) is 2. The van der Waals surface area contributed by atoms with Crippen LogP contribution < -0.4 is 10.6 Å². The molecule has 2 N–H and O–H groups in total. The number of hydrogen-bond acceptors (Lipinski definition) is 3. The van der Waals surface area contributed by atoms with Crippen LogP contribution >= 0.6 is 0 Å². The predicted octanol–water partition coefficient (Wildman–Crippen LogP) is 1.78. The average Bonchev–Trinajstić information content (AvgIpc) is 2.70. The molecule has 2 aliphatic heterocycles. The number of carbonyl (C=O) groups is 3. The molecular weight excluding hydrogens is 306 g/mol. The lowest BCUT2D eigenvalue weighted by molar-refractivity contribution is -0.132. The molecule has 1 saturated heterocycles. The van der Waals surface area contributed by atoms with Crippen molar-refractivity contribution in [3.63, 3.8) is 0 Å². The zero-order valence-corrected chi connectivity index (χ0v) is 13.9. The monoisotopic (exact) mass is 329 g/mol. The van der Waals surface area contributed by atoms with Crippen molar-refractivity contribution in [2.24, 2.45) is 5.92 Å². The van der Waals surface area contributed by atoms with Gasteiger partial charge in [0.15, 0.2) is 0 Å². The topological polar surface area (TPSA) is 78.5 Å². The summed E-state index contributed by atoms with van der Waals surface area (Å²) in [6.45, 7) is 3.77. The molecule has 1 aromatic rings. The van der Waals surface area contributed by atoms with Crippen molar-refractivity contribution in [2.45, 2.75) is 38.6 Å². The smallest absolute Gasteiger partial charge is 0.254 e. The second-order valence-corrected chi connectivity index (χ2v) is 6.66. The van der Waals surface area contributed by atoms with E-state index in [-0.39, 0.29) is 24.1 Å². The van der Waals surface area contributed by atoms with Gasteiger partial charge in [-0.1, -0.05) is 19.1 Å². The Kier molecular flexibility index (Phi) is 4.83. The van der Waals surface area contributed by atoms with Crippen LogP contribution in [0.25, 0.3) is 0 Å². The van der Waals surface area contributed by atoms with Gasteiger partial charge in [0.05, 0.1) is 11.3 Å². The Morgan fingerprint density at radius 3 is 2.67 bits per heavy atom. The van der Waals surface area contributed by atoms with Gasteiger partial charge in [0.2, 0.25) is 11.8 Å². The Morgan fingerprint density at radius 2 is 1.92 bits per heavy atom. The number of para-hydroxylation sites is 1. The summed E-state index contributed by atoms with van der Waals surface area (Å²) in [4.78, 5) is 38.7. The van der Waals surface area contributed by atoms with Gasteiger partial charge in [0, 0.05) is 19.5 Å². The van der Waals surface area contributed by atoms with Gasteiger partial charge in [-0.15, -0.1) is 0 Å². The van der Waals surface area contributed by atoms with Gasteiger partial charge in [-0.2, -0.15) is 0 Å². The van der Waals surface area contributed by atoms with E-state index in [1.165, 1.54) is 0 Å². The third-order valence-corrected chi connectivity index (χ3v) is 4.83. The standard InChI is InChI=1S/C18H23N3O3/c1-12-8-10-21(11-9-12)16(22)7-6-15-18(24)19-14-5-3-2-4-13(14)17(23)20-15/h2-5,12,15H,6-11H2,1H3,(H,19,24)(H,20,23). The number of anilines is 1. The Bertz CT molecular complexity index is 651. The summed E-state index contributed by atoms with van der Waals surface area (Å²) in [5.74, 6) is 0.173. The molecule has 6 heteroatoms. The predicted molar refractivity (Wildman–Crippen MR) is 90.5 cm³/mol. The summed E-state index contributed by atoms with van der Waals surface area (Å²) in [7, 11) is 0. The molecule has 0 aromatic heterocycles. The summed E-state index contributed by atoms with van der Waals surface area (Å²) in [6, 6.07) is 6.22. The van der Waals surface area contributed by atoms with Crippen LogP contribution in [0.3, 0.4) is 0 Å². The lowest BCUT2D eigenvalue weighted by atomic mass is 9.98. The molecule has 1 aromatic carbocycles. The molecule has 1 unspecified atom stereocenters. The summed E-state index contributed by atoms with van der Waals surface area (Å²) < 4.78 is 0. The Labute approximate surface area is 141 Å². The van der Waals surface area contributed by atoms with Crippen molar-refractivity contribution in [1.82, 2.24) is 10.2 Å². The fourth-order valence-electron chi connectivity index (χ4n) is 3.20.